The van der Waals surface area contributed by atoms with Crippen molar-refractivity contribution < 1.29 is 13.0 Å². The van der Waals surface area contributed by atoms with E-state index in [1.54, 1.807) is 18.3 Å². The zero-order valence-electron chi connectivity index (χ0n) is 41.7. The molecule has 1 aliphatic heterocycles. The number of anilines is 4. The number of fused-ring (bicyclic) bond motifs is 4. The van der Waals surface area contributed by atoms with Crippen LogP contribution in [-0.2, 0) is 0 Å². The number of ether oxygens (including phenoxy) is 1. The van der Waals surface area contributed by atoms with Gasteiger partial charge in [0, 0.05) is 55.6 Å². The van der Waals surface area contributed by atoms with Gasteiger partial charge in [-0.3, -0.25) is 4.57 Å². The molecular weight excluding hydrogens is 805 g/mol. The third kappa shape index (κ3) is 6.95. The van der Waals surface area contributed by atoms with E-state index in [4.69, 9.17) is 13.8 Å². The van der Waals surface area contributed by atoms with E-state index in [1.807, 2.05) is 137 Å². The predicted molar refractivity (Wildman–Crippen MR) is 274 cm³/mol. The molecule has 0 saturated heterocycles. The van der Waals surface area contributed by atoms with Crippen molar-refractivity contribution in [2.45, 2.75) is 6.85 Å². The second kappa shape index (κ2) is 16.5. The maximum Gasteiger partial charge on any atom is 0.137 e. The van der Waals surface area contributed by atoms with Crippen LogP contribution in [0.15, 0.2) is 237 Å². The second-order valence-corrected chi connectivity index (χ2v) is 16.4. The first-order valence-electron chi connectivity index (χ1n) is 25.0. The van der Waals surface area contributed by atoms with E-state index in [-0.39, 0.29) is 29.4 Å². The molecule has 0 amide bonds. The van der Waals surface area contributed by atoms with Crippen molar-refractivity contribution in [1.82, 2.24) is 9.55 Å². The summed E-state index contributed by atoms with van der Waals surface area (Å²) in [5.74, 6) is 0.915. The minimum atomic E-state index is -2.45. The van der Waals surface area contributed by atoms with Crippen molar-refractivity contribution in [3.8, 4) is 61.8 Å². The number of para-hydroxylation sites is 3. The van der Waals surface area contributed by atoms with Crippen LogP contribution in [0.5, 0.6) is 11.5 Å². The maximum atomic E-state index is 9.37. The molecule has 12 rings (SSSR count). The summed E-state index contributed by atoms with van der Waals surface area (Å²) in [6, 6.07) is 69.3. The molecule has 0 spiro atoms. The molecule has 9 aromatic carbocycles. The fourth-order valence-corrected chi connectivity index (χ4v) is 9.36. The largest absolute Gasteiger partial charge is 0.457 e. The van der Waals surface area contributed by atoms with E-state index in [9.17, 15) is 4.11 Å². The number of hydrogen-bond acceptors (Lipinski definition) is 4. The van der Waals surface area contributed by atoms with Crippen LogP contribution < -0.4 is 14.5 Å². The molecule has 0 fully saturated rings. The predicted octanol–water partition coefficient (Wildman–Crippen LogP) is 16.2. The number of aromatic nitrogens is 2. The molecule has 2 aromatic heterocycles. The molecule has 5 nitrogen and oxygen atoms in total. The first-order valence-corrected chi connectivity index (χ1v) is 22.0. The zero-order valence-corrected chi connectivity index (χ0v) is 35.7. The molecule has 11 aromatic rings. The van der Waals surface area contributed by atoms with Crippen molar-refractivity contribution in [2.75, 3.05) is 16.5 Å². The summed E-state index contributed by atoms with van der Waals surface area (Å²) in [4.78, 5) is 9.23. The quantitative estimate of drug-likeness (QED) is 0.145. The molecule has 0 aliphatic carbocycles. The van der Waals surface area contributed by atoms with Gasteiger partial charge < -0.3 is 14.5 Å². The Morgan fingerprint density at radius 1 is 0.485 bits per heavy atom. The van der Waals surface area contributed by atoms with Crippen LogP contribution in [0.4, 0.5) is 22.7 Å². The molecule has 1 aliphatic rings. The van der Waals surface area contributed by atoms with Gasteiger partial charge >= 0.3 is 0 Å². The van der Waals surface area contributed by atoms with Gasteiger partial charge in [0.05, 0.1) is 32.2 Å². The molecule has 0 saturated carbocycles. The molecule has 314 valence electrons. The number of benzene rings is 9. The standard InChI is InChI=1S/C61H44N4O/c1-42-36-60(62-40-55(42)46-24-12-5-13-25-46)65-56-35-32-47(43-18-6-2-7-19-43)37-54(56)53-34-33-50(39-59(53)65)66-49-27-16-26-48(38-49)63-41-64(58-31-15-14-30-57(58)63)61-51(44-20-8-3-9-21-44)28-17-29-52(61)45-22-10-4-11-23-45/h2-40H,41H2,1H3/i1D3,16D,26D,27D. The van der Waals surface area contributed by atoms with E-state index >= 15 is 0 Å². The Bertz CT molecular complexity index is 3790. The van der Waals surface area contributed by atoms with Gasteiger partial charge in [0.1, 0.15) is 24.0 Å². The third-order valence-corrected chi connectivity index (χ3v) is 12.4. The van der Waals surface area contributed by atoms with Crippen molar-refractivity contribution in [1.29, 1.82) is 0 Å². The number of rotatable bonds is 9. The van der Waals surface area contributed by atoms with Gasteiger partial charge in [-0.25, -0.2) is 4.98 Å². The van der Waals surface area contributed by atoms with Crippen LogP contribution >= 0.6 is 0 Å². The van der Waals surface area contributed by atoms with E-state index in [2.05, 4.69) is 77.7 Å². The SMILES string of the molecule is [2H]c1c(Oc2ccc3c4cc(-c5ccccc5)ccc4n(-c4cc(C([2H])([2H])[2H])c(-c5ccccc5)cn4)c3c2)cc(N2CN(c3c(-c4ccccc4)cccc3-c3ccccc3)c3ccccc32)c([2H])c1[2H]. The Morgan fingerprint density at radius 3 is 1.77 bits per heavy atom. The molecule has 66 heavy (non-hydrogen) atoms. The topological polar surface area (TPSA) is 33.5 Å². The summed E-state index contributed by atoms with van der Waals surface area (Å²) in [7, 11) is 0. The number of pyridine rings is 1. The fourth-order valence-electron chi connectivity index (χ4n) is 9.36. The number of hydrogen-bond donors (Lipinski definition) is 0. The average Bonchev–Trinajstić information content (AvgIpc) is 3.96. The highest BCUT2D eigenvalue weighted by atomic mass is 16.5. The number of aryl methyl sites for hydroxylation is 1. The highest BCUT2D eigenvalue weighted by molar-refractivity contribution is 6.11. The Hall–Kier alpha value is -8.67. The molecule has 3 heterocycles. The molecule has 0 N–H and O–H groups in total. The summed E-state index contributed by atoms with van der Waals surface area (Å²) in [6.45, 7) is -2.13. The minimum absolute atomic E-state index is 0.0940. The van der Waals surface area contributed by atoms with E-state index in [1.165, 1.54) is 0 Å². The molecule has 5 heteroatoms. The Labute approximate surface area is 393 Å². The summed E-state index contributed by atoms with van der Waals surface area (Å²) >= 11 is 0. The molecule has 0 unspecified atom stereocenters. The Morgan fingerprint density at radius 2 is 1.11 bits per heavy atom. The highest BCUT2D eigenvalue weighted by Crippen LogP contribution is 2.50. The second-order valence-electron chi connectivity index (χ2n) is 16.4. The molecular formula is C61H44N4O. The summed E-state index contributed by atoms with van der Waals surface area (Å²) in [5.41, 5.74) is 12.5. The van der Waals surface area contributed by atoms with Gasteiger partial charge in [-0.05, 0) is 94.8 Å². The third-order valence-electron chi connectivity index (χ3n) is 12.4. The Kier molecular flexibility index (Phi) is 8.22. The van der Waals surface area contributed by atoms with Gasteiger partial charge in [-0.2, -0.15) is 0 Å². The fraction of sp³-hybridized carbons (Fsp3) is 0.0328. The summed E-state index contributed by atoms with van der Waals surface area (Å²) in [5, 5.41) is 1.81. The van der Waals surface area contributed by atoms with Crippen molar-refractivity contribution >= 4 is 44.6 Å². The summed E-state index contributed by atoms with van der Waals surface area (Å²) < 4.78 is 62.3. The first kappa shape index (κ1) is 32.9. The summed E-state index contributed by atoms with van der Waals surface area (Å²) in [6.07, 6.45) is 1.63. The maximum absolute atomic E-state index is 9.37. The van der Waals surface area contributed by atoms with Crippen molar-refractivity contribution in [3.63, 3.8) is 0 Å². The first-order chi connectivity index (χ1) is 35.1. The molecule has 0 bridgehead atoms. The normalized spacial score (nSPS) is 13.7. The van der Waals surface area contributed by atoms with Crippen LogP contribution in [0.3, 0.4) is 0 Å². The lowest BCUT2D eigenvalue weighted by Crippen LogP contribution is -2.24. The van der Waals surface area contributed by atoms with E-state index < -0.39 is 6.85 Å². The van der Waals surface area contributed by atoms with Crippen LogP contribution in [0.2, 0.25) is 0 Å². The van der Waals surface area contributed by atoms with E-state index in [0.29, 0.717) is 35.0 Å². The van der Waals surface area contributed by atoms with Crippen LogP contribution in [-0.4, -0.2) is 16.2 Å². The van der Waals surface area contributed by atoms with Crippen LogP contribution in [0.25, 0.3) is 72.1 Å². The van der Waals surface area contributed by atoms with Gasteiger partial charge in [0.25, 0.3) is 0 Å². The van der Waals surface area contributed by atoms with E-state index in [0.717, 1.165) is 72.3 Å². The van der Waals surface area contributed by atoms with Crippen molar-refractivity contribution in [2.24, 2.45) is 0 Å². The molecule has 0 atom stereocenters. The molecule has 0 radical (unpaired) electrons. The van der Waals surface area contributed by atoms with Crippen LogP contribution in [0.1, 0.15) is 13.8 Å². The smallest absolute Gasteiger partial charge is 0.137 e. The minimum Gasteiger partial charge on any atom is -0.457 e. The van der Waals surface area contributed by atoms with Gasteiger partial charge in [-0.15, -0.1) is 0 Å². The van der Waals surface area contributed by atoms with Gasteiger partial charge in [0.15, 0.2) is 0 Å². The lowest BCUT2D eigenvalue weighted by Gasteiger charge is -2.27. The lowest BCUT2D eigenvalue weighted by atomic mass is 9.95. The van der Waals surface area contributed by atoms with Crippen LogP contribution in [0, 0.1) is 6.85 Å². The Balaban J connectivity index is 0.983. The zero-order chi connectivity index (χ0) is 49.1. The van der Waals surface area contributed by atoms with Gasteiger partial charge in [0.2, 0.25) is 0 Å². The highest BCUT2D eigenvalue weighted by Gasteiger charge is 2.31. The van der Waals surface area contributed by atoms with Gasteiger partial charge in [-0.1, -0.05) is 164 Å². The monoisotopic (exact) mass is 854 g/mol. The lowest BCUT2D eigenvalue weighted by molar-refractivity contribution is 0.483. The number of nitrogens with zero attached hydrogens (tertiary/aromatic N) is 4. The van der Waals surface area contributed by atoms with Crippen molar-refractivity contribution in [3.05, 3.63) is 242 Å². The average molecular weight is 855 g/mol.